The first-order valence-corrected chi connectivity index (χ1v) is 8.06. The quantitative estimate of drug-likeness (QED) is 0.744. The number of hydrogen-bond acceptors (Lipinski definition) is 5. The number of carbonyl (C=O) groups is 2. The van der Waals surface area contributed by atoms with Gasteiger partial charge in [-0.3, -0.25) is 9.59 Å². The zero-order chi connectivity index (χ0) is 17.5. The van der Waals surface area contributed by atoms with Crippen molar-refractivity contribution in [3.63, 3.8) is 0 Å². The first-order chi connectivity index (χ1) is 11.5. The van der Waals surface area contributed by atoms with Crippen LogP contribution in [0.25, 0.3) is 0 Å². The highest BCUT2D eigenvalue weighted by Gasteiger charge is 2.26. The summed E-state index contributed by atoms with van der Waals surface area (Å²) in [6.07, 6.45) is 2.85. The molecule has 7 heteroatoms. The fourth-order valence-electron chi connectivity index (χ4n) is 2.71. The van der Waals surface area contributed by atoms with E-state index in [0.29, 0.717) is 17.1 Å². The maximum Gasteiger partial charge on any atom is 0.255 e. The maximum atomic E-state index is 12.5. The van der Waals surface area contributed by atoms with Crippen LogP contribution in [-0.2, 0) is 9.53 Å². The van der Waals surface area contributed by atoms with Gasteiger partial charge in [-0.1, -0.05) is 6.92 Å². The van der Waals surface area contributed by atoms with Gasteiger partial charge in [0, 0.05) is 12.2 Å². The number of hydrogen-bond donors (Lipinski definition) is 2. The highest BCUT2D eigenvalue weighted by Crippen LogP contribution is 2.28. The Bertz CT molecular complexity index is 584. The minimum atomic E-state index is -0.582. The van der Waals surface area contributed by atoms with E-state index in [4.69, 9.17) is 19.9 Å². The lowest BCUT2D eigenvalue weighted by molar-refractivity contribution is -0.119. The molecular formula is C17H24N2O5. The van der Waals surface area contributed by atoms with Gasteiger partial charge in [-0.15, -0.1) is 0 Å². The number of carbonyl (C=O) groups excluding carboxylic acids is 2. The smallest absolute Gasteiger partial charge is 0.255 e. The average Bonchev–Trinajstić information content (AvgIpc) is 3.11. The Balaban J connectivity index is 2.06. The number of nitrogens with two attached hydrogens (primary N) is 1. The second-order valence-electron chi connectivity index (χ2n) is 5.66. The van der Waals surface area contributed by atoms with E-state index in [2.05, 4.69) is 5.32 Å². The zero-order valence-corrected chi connectivity index (χ0v) is 14.0. The van der Waals surface area contributed by atoms with Crippen LogP contribution in [0.5, 0.6) is 11.5 Å². The molecule has 2 atom stereocenters. The molecule has 0 aromatic heterocycles. The molecular weight excluding hydrogens is 312 g/mol. The lowest BCUT2D eigenvalue weighted by atomic mass is 10.0. The molecule has 0 saturated carbocycles. The van der Waals surface area contributed by atoms with Crippen LogP contribution in [0.4, 0.5) is 0 Å². The molecule has 2 rings (SSSR count). The first kappa shape index (κ1) is 18.1. The minimum Gasteiger partial charge on any atom is -0.493 e. The van der Waals surface area contributed by atoms with Crippen molar-refractivity contribution in [3.05, 3.63) is 23.8 Å². The fourth-order valence-corrected chi connectivity index (χ4v) is 2.71. The topological polar surface area (TPSA) is 99.9 Å². The molecule has 2 unspecified atom stereocenters. The summed E-state index contributed by atoms with van der Waals surface area (Å²) in [4.78, 5) is 23.3. The van der Waals surface area contributed by atoms with Crippen LogP contribution in [0, 0.1) is 0 Å². The van der Waals surface area contributed by atoms with Crippen molar-refractivity contribution in [1.29, 1.82) is 0 Å². The van der Waals surface area contributed by atoms with Crippen molar-refractivity contribution >= 4 is 11.8 Å². The van der Waals surface area contributed by atoms with Gasteiger partial charge in [0.15, 0.2) is 18.1 Å². The van der Waals surface area contributed by atoms with Crippen molar-refractivity contribution in [3.8, 4) is 11.5 Å². The van der Waals surface area contributed by atoms with Gasteiger partial charge >= 0.3 is 0 Å². The van der Waals surface area contributed by atoms with E-state index in [0.717, 1.165) is 25.9 Å². The summed E-state index contributed by atoms with van der Waals surface area (Å²) in [7, 11) is 1.47. The molecule has 1 aromatic carbocycles. The van der Waals surface area contributed by atoms with Crippen LogP contribution >= 0.6 is 0 Å². The Morgan fingerprint density at radius 2 is 2.21 bits per heavy atom. The van der Waals surface area contributed by atoms with Crippen molar-refractivity contribution < 1.29 is 23.8 Å². The molecule has 1 fully saturated rings. The maximum absolute atomic E-state index is 12.5. The van der Waals surface area contributed by atoms with Gasteiger partial charge in [-0.05, 0) is 37.5 Å². The molecule has 0 aliphatic carbocycles. The van der Waals surface area contributed by atoms with Crippen LogP contribution in [0.3, 0.4) is 0 Å². The number of benzene rings is 1. The Labute approximate surface area is 141 Å². The van der Waals surface area contributed by atoms with E-state index >= 15 is 0 Å². The third kappa shape index (κ3) is 4.61. The Kier molecular flexibility index (Phi) is 6.43. The summed E-state index contributed by atoms with van der Waals surface area (Å²) in [6.45, 7) is 2.52. The third-order valence-electron chi connectivity index (χ3n) is 3.97. The van der Waals surface area contributed by atoms with Gasteiger partial charge in [0.2, 0.25) is 0 Å². The second kappa shape index (κ2) is 8.54. The van der Waals surface area contributed by atoms with Gasteiger partial charge in [0.25, 0.3) is 11.8 Å². The van der Waals surface area contributed by atoms with E-state index in [-0.39, 0.29) is 24.7 Å². The van der Waals surface area contributed by atoms with E-state index in [1.807, 2.05) is 6.92 Å². The van der Waals surface area contributed by atoms with Gasteiger partial charge in [-0.25, -0.2) is 0 Å². The highest BCUT2D eigenvalue weighted by atomic mass is 16.5. The van der Waals surface area contributed by atoms with Gasteiger partial charge in [0.05, 0.1) is 19.3 Å². The van der Waals surface area contributed by atoms with Gasteiger partial charge < -0.3 is 25.3 Å². The summed E-state index contributed by atoms with van der Waals surface area (Å²) >= 11 is 0. The van der Waals surface area contributed by atoms with E-state index in [9.17, 15) is 9.59 Å². The largest absolute Gasteiger partial charge is 0.493 e. The number of amides is 2. The van der Waals surface area contributed by atoms with E-state index < -0.39 is 5.91 Å². The lowest BCUT2D eigenvalue weighted by Gasteiger charge is -2.23. The predicted molar refractivity (Wildman–Crippen MR) is 88.2 cm³/mol. The molecule has 1 saturated heterocycles. The van der Waals surface area contributed by atoms with Crippen LogP contribution < -0.4 is 20.5 Å². The molecule has 1 heterocycles. The summed E-state index contributed by atoms with van der Waals surface area (Å²) in [5.74, 6) is -0.0496. The SMILES string of the molecule is CCC(NC(=O)c1ccc(OCC(N)=O)c(OC)c1)C1CCCO1. The molecule has 1 aliphatic rings. The molecule has 2 amide bonds. The summed E-state index contributed by atoms with van der Waals surface area (Å²) in [5, 5.41) is 3.01. The number of nitrogens with one attached hydrogen (secondary N) is 1. The molecule has 3 N–H and O–H groups in total. The molecule has 24 heavy (non-hydrogen) atoms. The van der Waals surface area contributed by atoms with Crippen LogP contribution in [0.15, 0.2) is 18.2 Å². The lowest BCUT2D eigenvalue weighted by Crippen LogP contribution is -2.42. The molecule has 1 aliphatic heterocycles. The van der Waals surface area contributed by atoms with Crippen molar-refractivity contribution in [2.24, 2.45) is 5.73 Å². The minimum absolute atomic E-state index is 0.0169. The highest BCUT2D eigenvalue weighted by molar-refractivity contribution is 5.95. The monoisotopic (exact) mass is 336 g/mol. The second-order valence-corrected chi connectivity index (χ2v) is 5.66. The van der Waals surface area contributed by atoms with Gasteiger partial charge in [0.1, 0.15) is 0 Å². The van der Waals surface area contributed by atoms with E-state index in [1.165, 1.54) is 7.11 Å². The third-order valence-corrected chi connectivity index (χ3v) is 3.97. The normalized spacial score (nSPS) is 18.0. The first-order valence-electron chi connectivity index (χ1n) is 8.06. The predicted octanol–water partition coefficient (Wildman–Crippen LogP) is 1.25. The Morgan fingerprint density at radius 1 is 1.42 bits per heavy atom. The molecule has 7 nitrogen and oxygen atoms in total. The molecule has 0 bridgehead atoms. The molecule has 0 radical (unpaired) electrons. The molecule has 132 valence electrons. The number of methoxy groups -OCH3 is 1. The standard InChI is InChI=1S/C17H24N2O5/c1-3-12(13-5-4-8-23-13)19-17(21)11-6-7-14(15(9-11)22-2)24-10-16(18)20/h6-7,9,12-13H,3-5,8,10H2,1-2H3,(H2,18,20)(H,19,21). The van der Waals surface area contributed by atoms with Crippen molar-refractivity contribution in [2.75, 3.05) is 20.3 Å². The van der Waals surface area contributed by atoms with Crippen molar-refractivity contribution in [1.82, 2.24) is 5.32 Å². The summed E-state index contributed by atoms with van der Waals surface area (Å²) in [6, 6.07) is 4.77. The van der Waals surface area contributed by atoms with Crippen LogP contribution in [-0.4, -0.2) is 44.3 Å². The summed E-state index contributed by atoms with van der Waals surface area (Å²) < 4.78 is 16.1. The molecule has 1 aromatic rings. The Hall–Kier alpha value is -2.28. The average molecular weight is 336 g/mol. The van der Waals surface area contributed by atoms with Crippen LogP contribution in [0.1, 0.15) is 36.5 Å². The van der Waals surface area contributed by atoms with Crippen LogP contribution in [0.2, 0.25) is 0 Å². The van der Waals surface area contributed by atoms with Crippen molar-refractivity contribution in [2.45, 2.75) is 38.3 Å². The van der Waals surface area contributed by atoms with Gasteiger partial charge in [-0.2, -0.15) is 0 Å². The van der Waals surface area contributed by atoms with E-state index in [1.54, 1.807) is 18.2 Å². The zero-order valence-electron chi connectivity index (χ0n) is 14.0. The molecule has 0 spiro atoms. The Morgan fingerprint density at radius 3 is 2.79 bits per heavy atom. The number of ether oxygens (including phenoxy) is 3. The fraction of sp³-hybridized carbons (Fsp3) is 0.529. The number of rotatable bonds is 8. The number of primary amides is 1. The summed E-state index contributed by atoms with van der Waals surface area (Å²) in [5.41, 5.74) is 5.51.